The summed E-state index contributed by atoms with van der Waals surface area (Å²) in [5, 5.41) is 8.85. The van der Waals surface area contributed by atoms with E-state index in [1.54, 1.807) is 6.92 Å². The molecule has 0 heterocycles. The van der Waals surface area contributed by atoms with Crippen LogP contribution in [-0.2, 0) is 9.53 Å². The van der Waals surface area contributed by atoms with Crippen LogP contribution >= 0.6 is 0 Å². The molecule has 0 aliphatic heterocycles. The van der Waals surface area contributed by atoms with Crippen LogP contribution in [0.4, 0.5) is 8.78 Å². The number of methoxy groups -OCH3 is 1. The Balaban J connectivity index is 2.93. The number of rotatable bonds is 7. The molecule has 1 atom stereocenters. The molecule has 0 bridgehead atoms. The fourth-order valence-electron chi connectivity index (χ4n) is 1.82. The summed E-state index contributed by atoms with van der Waals surface area (Å²) in [7, 11) is 1.49. The lowest BCUT2D eigenvalue weighted by molar-refractivity contribution is -0.139. The van der Waals surface area contributed by atoms with Gasteiger partial charge in [0.05, 0.1) is 13.2 Å². The van der Waals surface area contributed by atoms with Gasteiger partial charge in [-0.2, -0.15) is 0 Å². The maximum Gasteiger partial charge on any atom is 0.317 e. The van der Waals surface area contributed by atoms with Gasteiger partial charge in [0.15, 0.2) is 0 Å². The molecule has 0 fully saturated rings. The van der Waals surface area contributed by atoms with Gasteiger partial charge in [0.2, 0.25) is 0 Å². The van der Waals surface area contributed by atoms with E-state index in [4.69, 9.17) is 9.84 Å². The molecular formula is C13H17F2NO3. The van der Waals surface area contributed by atoms with E-state index in [1.165, 1.54) is 12.0 Å². The minimum Gasteiger partial charge on any atom is -0.480 e. The van der Waals surface area contributed by atoms with E-state index >= 15 is 0 Å². The lowest BCUT2D eigenvalue weighted by Gasteiger charge is -2.27. The van der Waals surface area contributed by atoms with Crippen LogP contribution in [0.15, 0.2) is 18.2 Å². The second-order valence-electron chi connectivity index (χ2n) is 4.20. The van der Waals surface area contributed by atoms with E-state index in [2.05, 4.69) is 0 Å². The summed E-state index contributed by atoms with van der Waals surface area (Å²) in [5.41, 5.74) is 0.136. The Hall–Kier alpha value is -1.53. The molecule has 0 aromatic heterocycles. The molecule has 1 rings (SSSR count). The van der Waals surface area contributed by atoms with E-state index in [0.717, 1.165) is 18.2 Å². The molecule has 0 amide bonds. The number of carbonyl (C=O) groups is 1. The maximum atomic E-state index is 13.7. The Morgan fingerprint density at radius 2 is 2.16 bits per heavy atom. The monoisotopic (exact) mass is 273 g/mol. The highest BCUT2D eigenvalue weighted by atomic mass is 19.1. The van der Waals surface area contributed by atoms with Gasteiger partial charge in [-0.1, -0.05) is 0 Å². The van der Waals surface area contributed by atoms with E-state index in [0.29, 0.717) is 13.2 Å². The van der Waals surface area contributed by atoms with Crippen molar-refractivity contribution < 1.29 is 23.4 Å². The second kappa shape index (κ2) is 7.16. The molecule has 0 saturated carbocycles. The standard InChI is InChI=1S/C13H17F2NO3/c1-9(11-7-10(14)3-4-12(11)15)16(5-6-19-2)8-13(17)18/h3-4,7,9H,5-6,8H2,1-2H3,(H,17,18). The molecule has 0 radical (unpaired) electrons. The molecule has 0 aliphatic rings. The number of carboxylic acid groups (broad SMARTS) is 1. The number of nitrogens with zero attached hydrogens (tertiary/aromatic N) is 1. The number of halogens is 2. The Kier molecular flexibility index (Phi) is 5.85. The zero-order valence-electron chi connectivity index (χ0n) is 10.9. The molecule has 106 valence electrons. The predicted octanol–water partition coefficient (Wildman–Crippen LogP) is 2.06. The summed E-state index contributed by atoms with van der Waals surface area (Å²) < 4.78 is 31.7. The molecule has 6 heteroatoms. The summed E-state index contributed by atoms with van der Waals surface area (Å²) in [6.45, 7) is 2.01. The number of aliphatic carboxylic acids is 1. The van der Waals surface area contributed by atoms with E-state index < -0.39 is 23.6 Å². The number of ether oxygens (including phenoxy) is 1. The summed E-state index contributed by atoms with van der Waals surface area (Å²) in [5.74, 6) is -2.13. The van der Waals surface area contributed by atoms with Gasteiger partial charge in [-0.15, -0.1) is 0 Å². The normalized spacial score (nSPS) is 12.7. The van der Waals surface area contributed by atoms with E-state index in [1.807, 2.05) is 0 Å². The van der Waals surface area contributed by atoms with Crippen LogP contribution in [0.2, 0.25) is 0 Å². The highest BCUT2D eigenvalue weighted by Crippen LogP contribution is 2.23. The van der Waals surface area contributed by atoms with Crippen LogP contribution < -0.4 is 0 Å². The number of hydrogen-bond acceptors (Lipinski definition) is 3. The van der Waals surface area contributed by atoms with Crippen molar-refractivity contribution in [3.8, 4) is 0 Å². The topological polar surface area (TPSA) is 49.8 Å². The van der Waals surface area contributed by atoms with Crippen LogP contribution in [0.25, 0.3) is 0 Å². The first-order valence-electron chi connectivity index (χ1n) is 5.85. The zero-order chi connectivity index (χ0) is 14.4. The van der Waals surface area contributed by atoms with E-state index in [9.17, 15) is 13.6 Å². The Morgan fingerprint density at radius 1 is 1.47 bits per heavy atom. The first-order chi connectivity index (χ1) is 8.95. The fourth-order valence-corrected chi connectivity index (χ4v) is 1.82. The minimum atomic E-state index is -1.03. The van der Waals surface area contributed by atoms with E-state index in [-0.39, 0.29) is 12.1 Å². The van der Waals surface area contributed by atoms with Crippen molar-refractivity contribution in [1.29, 1.82) is 0 Å². The molecule has 1 unspecified atom stereocenters. The van der Waals surface area contributed by atoms with Gasteiger partial charge >= 0.3 is 5.97 Å². The van der Waals surface area contributed by atoms with Crippen LogP contribution in [-0.4, -0.2) is 42.8 Å². The molecule has 0 aliphatic carbocycles. The maximum absolute atomic E-state index is 13.7. The number of benzene rings is 1. The predicted molar refractivity (Wildman–Crippen MR) is 65.9 cm³/mol. The van der Waals surface area contributed by atoms with Crippen molar-refractivity contribution in [2.45, 2.75) is 13.0 Å². The quantitative estimate of drug-likeness (QED) is 0.826. The average molecular weight is 273 g/mol. The lowest BCUT2D eigenvalue weighted by Crippen LogP contribution is -2.35. The van der Waals surface area contributed by atoms with Gasteiger partial charge in [-0.25, -0.2) is 8.78 Å². The molecule has 1 aromatic rings. The molecular weight excluding hydrogens is 256 g/mol. The third kappa shape index (κ3) is 4.57. The van der Waals surface area contributed by atoms with Crippen molar-refractivity contribution in [3.05, 3.63) is 35.4 Å². The lowest BCUT2D eigenvalue weighted by atomic mass is 10.1. The van der Waals surface area contributed by atoms with Gasteiger partial charge in [0.25, 0.3) is 0 Å². The van der Waals surface area contributed by atoms with Crippen molar-refractivity contribution >= 4 is 5.97 Å². The Morgan fingerprint density at radius 3 is 2.74 bits per heavy atom. The largest absolute Gasteiger partial charge is 0.480 e. The smallest absolute Gasteiger partial charge is 0.317 e. The average Bonchev–Trinajstić information content (AvgIpc) is 2.36. The minimum absolute atomic E-state index is 0.136. The van der Waals surface area contributed by atoms with Gasteiger partial charge in [-0.05, 0) is 25.1 Å². The third-order valence-corrected chi connectivity index (χ3v) is 2.88. The van der Waals surface area contributed by atoms with Crippen LogP contribution in [0.5, 0.6) is 0 Å². The zero-order valence-corrected chi connectivity index (χ0v) is 10.9. The number of hydrogen-bond donors (Lipinski definition) is 1. The summed E-state index contributed by atoms with van der Waals surface area (Å²) in [4.78, 5) is 12.3. The molecule has 1 N–H and O–H groups in total. The summed E-state index contributed by atoms with van der Waals surface area (Å²) >= 11 is 0. The third-order valence-electron chi connectivity index (χ3n) is 2.88. The first-order valence-corrected chi connectivity index (χ1v) is 5.85. The highest BCUT2D eigenvalue weighted by molar-refractivity contribution is 5.69. The second-order valence-corrected chi connectivity index (χ2v) is 4.20. The first kappa shape index (κ1) is 15.5. The molecule has 19 heavy (non-hydrogen) atoms. The number of carboxylic acids is 1. The van der Waals surface area contributed by atoms with Crippen molar-refractivity contribution in [2.24, 2.45) is 0 Å². The van der Waals surface area contributed by atoms with Gasteiger partial charge in [0.1, 0.15) is 11.6 Å². The van der Waals surface area contributed by atoms with Gasteiger partial charge < -0.3 is 9.84 Å². The van der Waals surface area contributed by atoms with Crippen LogP contribution in [0.1, 0.15) is 18.5 Å². The Bertz CT molecular complexity index is 440. The summed E-state index contributed by atoms with van der Waals surface area (Å²) in [6.07, 6.45) is 0. The van der Waals surface area contributed by atoms with Crippen LogP contribution in [0.3, 0.4) is 0 Å². The highest BCUT2D eigenvalue weighted by Gasteiger charge is 2.21. The van der Waals surface area contributed by atoms with Crippen molar-refractivity contribution in [1.82, 2.24) is 4.90 Å². The molecule has 0 spiro atoms. The SMILES string of the molecule is COCCN(CC(=O)O)C(C)c1cc(F)ccc1F. The molecule has 4 nitrogen and oxygen atoms in total. The summed E-state index contributed by atoms with van der Waals surface area (Å²) in [6, 6.07) is 2.60. The Labute approximate surface area is 110 Å². The van der Waals surface area contributed by atoms with Crippen molar-refractivity contribution in [2.75, 3.05) is 26.8 Å². The molecule has 0 saturated heterocycles. The fraction of sp³-hybridized carbons (Fsp3) is 0.462. The van der Waals surface area contributed by atoms with Crippen LogP contribution in [0, 0.1) is 11.6 Å². The van der Waals surface area contributed by atoms with Gasteiger partial charge in [-0.3, -0.25) is 9.69 Å². The van der Waals surface area contributed by atoms with Crippen molar-refractivity contribution in [3.63, 3.8) is 0 Å². The van der Waals surface area contributed by atoms with Gasteiger partial charge in [0, 0.05) is 25.3 Å². The molecule has 1 aromatic carbocycles.